The van der Waals surface area contributed by atoms with Gasteiger partial charge in [-0.05, 0) is 25.5 Å². The highest BCUT2D eigenvalue weighted by Gasteiger charge is 2.10. The summed E-state index contributed by atoms with van der Waals surface area (Å²) in [6.45, 7) is 4.15. The summed E-state index contributed by atoms with van der Waals surface area (Å²) in [7, 11) is 0. The fourth-order valence-electron chi connectivity index (χ4n) is 1.92. The molecule has 18 heavy (non-hydrogen) atoms. The molecule has 1 unspecified atom stereocenters. The van der Waals surface area contributed by atoms with E-state index in [1.807, 2.05) is 44.2 Å². The topological polar surface area (TPSA) is 42.2 Å². The first-order chi connectivity index (χ1) is 8.58. The van der Waals surface area contributed by atoms with Gasteiger partial charge in [0.15, 0.2) is 0 Å². The van der Waals surface area contributed by atoms with E-state index in [2.05, 4.69) is 0 Å². The van der Waals surface area contributed by atoms with Gasteiger partial charge in [-0.25, -0.2) is 0 Å². The van der Waals surface area contributed by atoms with Crippen molar-refractivity contribution in [3.8, 4) is 0 Å². The van der Waals surface area contributed by atoms with Crippen molar-refractivity contribution in [1.29, 1.82) is 0 Å². The summed E-state index contributed by atoms with van der Waals surface area (Å²) >= 11 is 0. The normalized spacial score (nSPS) is 12.4. The Labute approximate surface area is 106 Å². The third kappa shape index (κ3) is 2.68. The van der Waals surface area contributed by atoms with Crippen LogP contribution in [0.25, 0.3) is 0 Å². The molecule has 2 rings (SSSR count). The number of aryl methyl sites for hydroxylation is 2. The molecule has 0 aliphatic rings. The van der Waals surface area contributed by atoms with Gasteiger partial charge in [0.1, 0.15) is 0 Å². The zero-order chi connectivity index (χ0) is 13.1. The second kappa shape index (κ2) is 5.19. The Morgan fingerprint density at radius 3 is 2.39 bits per heavy atom. The Balaban J connectivity index is 2.24. The van der Waals surface area contributed by atoms with E-state index in [1.165, 1.54) is 6.07 Å². The lowest BCUT2D eigenvalue weighted by atomic mass is 10.1. The third-order valence-corrected chi connectivity index (χ3v) is 3.09. The Morgan fingerprint density at radius 2 is 1.78 bits per heavy atom. The summed E-state index contributed by atoms with van der Waals surface area (Å²) in [5.41, 5.74) is 2.75. The molecule has 1 atom stereocenters. The molecule has 0 fully saturated rings. The number of aliphatic hydroxyl groups is 1. The van der Waals surface area contributed by atoms with Crippen molar-refractivity contribution in [2.75, 3.05) is 0 Å². The molecule has 0 amide bonds. The minimum Gasteiger partial charge on any atom is -0.387 e. The highest BCUT2D eigenvalue weighted by Crippen LogP contribution is 2.15. The van der Waals surface area contributed by atoms with Crippen molar-refractivity contribution in [2.24, 2.45) is 0 Å². The van der Waals surface area contributed by atoms with Crippen LogP contribution < -0.4 is 5.56 Å². The molecule has 1 aromatic carbocycles. The fourth-order valence-corrected chi connectivity index (χ4v) is 1.92. The molecule has 1 heterocycles. The lowest BCUT2D eigenvalue weighted by Crippen LogP contribution is -2.24. The van der Waals surface area contributed by atoms with Crippen LogP contribution in [0.15, 0.2) is 47.3 Å². The van der Waals surface area contributed by atoms with E-state index in [9.17, 15) is 9.90 Å². The summed E-state index contributed by atoms with van der Waals surface area (Å²) in [4.78, 5) is 11.7. The molecule has 3 nitrogen and oxygen atoms in total. The number of aliphatic hydroxyl groups excluding tert-OH is 1. The lowest BCUT2D eigenvalue weighted by Gasteiger charge is -2.15. The number of hydrogen-bond acceptors (Lipinski definition) is 2. The smallest absolute Gasteiger partial charge is 0.250 e. The second-order valence-electron chi connectivity index (χ2n) is 4.54. The van der Waals surface area contributed by atoms with Crippen molar-refractivity contribution in [2.45, 2.75) is 26.5 Å². The molecule has 2 aromatic rings. The van der Waals surface area contributed by atoms with Gasteiger partial charge >= 0.3 is 0 Å². The van der Waals surface area contributed by atoms with Crippen LogP contribution in [-0.4, -0.2) is 9.67 Å². The summed E-state index contributed by atoms with van der Waals surface area (Å²) in [6, 6.07) is 12.8. The quantitative estimate of drug-likeness (QED) is 0.898. The maximum absolute atomic E-state index is 11.7. The van der Waals surface area contributed by atoms with Crippen LogP contribution in [0.2, 0.25) is 0 Å². The molecule has 0 aliphatic carbocycles. The van der Waals surface area contributed by atoms with Gasteiger partial charge in [-0.1, -0.05) is 35.9 Å². The molecule has 0 saturated carbocycles. The summed E-state index contributed by atoms with van der Waals surface area (Å²) in [5.74, 6) is 0. The van der Waals surface area contributed by atoms with E-state index in [0.717, 1.165) is 16.8 Å². The molecule has 0 saturated heterocycles. The van der Waals surface area contributed by atoms with Gasteiger partial charge in [0.25, 0.3) is 5.56 Å². The summed E-state index contributed by atoms with van der Waals surface area (Å²) < 4.78 is 1.59. The number of aromatic nitrogens is 1. The Hall–Kier alpha value is -1.87. The van der Waals surface area contributed by atoms with Gasteiger partial charge in [-0.2, -0.15) is 0 Å². The number of pyridine rings is 1. The summed E-state index contributed by atoms with van der Waals surface area (Å²) in [5, 5.41) is 10.2. The van der Waals surface area contributed by atoms with E-state index in [0.29, 0.717) is 0 Å². The number of benzene rings is 1. The first-order valence-corrected chi connectivity index (χ1v) is 5.99. The molecular weight excluding hydrogens is 226 g/mol. The molecular formula is C15H17NO2. The monoisotopic (exact) mass is 243 g/mol. The van der Waals surface area contributed by atoms with Gasteiger partial charge in [-0.15, -0.1) is 0 Å². The van der Waals surface area contributed by atoms with Gasteiger partial charge in [0.2, 0.25) is 0 Å². The standard InChI is InChI=1S/C15H17NO2/c1-11-6-8-13(9-7-11)14(17)10-16-12(2)4-3-5-15(16)18/h3-9,14,17H,10H2,1-2H3. The zero-order valence-electron chi connectivity index (χ0n) is 10.6. The van der Waals surface area contributed by atoms with Crippen molar-refractivity contribution in [3.63, 3.8) is 0 Å². The number of nitrogens with zero attached hydrogens (tertiary/aromatic N) is 1. The van der Waals surface area contributed by atoms with E-state index in [4.69, 9.17) is 0 Å². The first-order valence-electron chi connectivity index (χ1n) is 5.99. The molecule has 94 valence electrons. The van der Waals surface area contributed by atoms with E-state index in [1.54, 1.807) is 10.6 Å². The van der Waals surface area contributed by atoms with Crippen LogP contribution in [0.3, 0.4) is 0 Å². The van der Waals surface area contributed by atoms with Gasteiger partial charge in [-0.3, -0.25) is 4.79 Å². The van der Waals surface area contributed by atoms with Crippen molar-refractivity contribution >= 4 is 0 Å². The molecule has 1 N–H and O–H groups in total. The van der Waals surface area contributed by atoms with Crippen molar-refractivity contribution in [1.82, 2.24) is 4.57 Å². The van der Waals surface area contributed by atoms with Crippen LogP contribution in [-0.2, 0) is 6.54 Å². The minimum absolute atomic E-state index is 0.0823. The largest absolute Gasteiger partial charge is 0.387 e. The predicted molar refractivity (Wildman–Crippen MR) is 71.6 cm³/mol. The first kappa shape index (κ1) is 12.6. The zero-order valence-corrected chi connectivity index (χ0v) is 10.6. The van der Waals surface area contributed by atoms with Crippen LogP contribution in [0.5, 0.6) is 0 Å². The average Bonchev–Trinajstić information content (AvgIpc) is 2.34. The SMILES string of the molecule is Cc1ccc(C(O)Cn2c(C)cccc2=O)cc1. The maximum Gasteiger partial charge on any atom is 0.250 e. The van der Waals surface area contributed by atoms with Crippen LogP contribution in [0.4, 0.5) is 0 Å². The van der Waals surface area contributed by atoms with Crippen molar-refractivity contribution < 1.29 is 5.11 Å². The molecule has 0 spiro atoms. The molecule has 0 radical (unpaired) electrons. The molecule has 0 aliphatic heterocycles. The van der Waals surface area contributed by atoms with Crippen LogP contribution in [0, 0.1) is 13.8 Å². The Bertz CT molecular complexity index is 584. The third-order valence-electron chi connectivity index (χ3n) is 3.09. The summed E-state index contributed by atoms with van der Waals surface area (Å²) in [6.07, 6.45) is -0.663. The fraction of sp³-hybridized carbons (Fsp3) is 0.267. The molecule has 3 heteroatoms. The molecule has 1 aromatic heterocycles. The highest BCUT2D eigenvalue weighted by molar-refractivity contribution is 5.23. The average molecular weight is 243 g/mol. The Kier molecular flexibility index (Phi) is 3.63. The van der Waals surface area contributed by atoms with E-state index >= 15 is 0 Å². The second-order valence-corrected chi connectivity index (χ2v) is 4.54. The highest BCUT2D eigenvalue weighted by atomic mass is 16.3. The number of rotatable bonds is 3. The van der Waals surface area contributed by atoms with Crippen LogP contribution in [0.1, 0.15) is 22.9 Å². The van der Waals surface area contributed by atoms with E-state index < -0.39 is 6.10 Å². The minimum atomic E-state index is -0.663. The predicted octanol–water partition coefficient (Wildman–Crippen LogP) is 2.20. The number of hydrogen-bond donors (Lipinski definition) is 1. The maximum atomic E-state index is 11.7. The van der Waals surface area contributed by atoms with Gasteiger partial charge in [0.05, 0.1) is 12.6 Å². The lowest BCUT2D eigenvalue weighted by molar-refractivity contribution is 0.154. The van der Waals surface area contributed by atoms with Gasteiger partial charge in [0, 0.05) is 11.8 Å². The van der Waals surface area contributed by atoms with Crippen molar-refractivity contribution in [3.05, 3.63) is 69.6 Å². The van der Waals surface area contributed by atoms with Gasteiger partial charge < -0.3 is 9.67 Å². The molecule has 0 bridgehead atoms. The van der Waals surface area contributed by atoms with E-state index in [-0.39, 0.29) is 12.1 Å². The Morgan fingerprint density at radius 1 is 1.11 bits per heavy atom. The van der Waals surface area contributed by atoms with Crippen LogP contribution >= 0.6 is 0 Å².